The van der Waals surface area contributed by atoms with Crippen LogP contribution in [0.5, 0.6) is 11.5 Å². The lowest BCUT2D eigenvalue weighted by molar-refractivity contribution is -0.286. The molecule has 0 amide bonds. The number of alkyl halides is 2. The Bertz CT molecular complexity index is 404. The predicted octanol–water partition coefficient (Wildman–Crippen LogP) is 2.04. The van der Waals surface area contributed by atoms with Gasteiger partial charge >= 0.3 is 6.29 Å². The third-order valence-corrected chi connectivity index (χ3v) is 2.65. The lowest BCUT2D eigenvalue weighted by Gasteiger charge is -2.27. The fourth-order valence-corrected chi connectivity index (χ4v) is 1.76. The number of ether oxygens (including phenoxy) is 2. The first-order chi connectivity index (χ1) is 7.14. The van der Waals surface area contributed by atoms with Crippen LogP contribution in [0.4, 0.5) is 8.78 Å². The molecule has 1 aromatic carbocycles. The molecule has 1 aromatic rings. The van der Waals surface area contributed by atoms with Crippen molar-refractivity contribution in [2.45, 2.75) is 18.8 Å². The second-order valence-corrected chi connectivity index (χ2v) is 3.67. The maximum absolute atomic E-state index is 12.7. The van der Waals surface area contributed by atoms with E-state index in [1.165, 1.54) is 6.07 Å². The SMILES string of the molecule is FC1(F)Oc2ccc([C@H]3CCN3)cc2O1. The van der Waals surface area contributed by atoms with Crippen molar-refractivity contribution in [2.24, 2.45) is 0 Å². The molecule has 3 nitrogen and oxygen atoms in total. The van der Waals surface area contributed by atoms with Crippen molar-refractivity contribution < 1.29 is 18.3 Å². The summed E-state index contributed by atoms with van der Waals surface area (Å²) < 4.78 is 34.1. The van der Waals surface area contributed by atoms with Gasteiger partial charge in [0.2, 0.25) is 0 Å². The molecule has 3 rings (SSSR count). The van der Waals surface area contributed by atoms with Crippen LogP contribution in [0.2, 0.25) is 0 Å². The van der Waals surface area contributed by atoms with E-state index >= 15 is 0 Å². The molecule has 5 heteroatoms. The number of benzene rings is 1. The molecule has 1 N–H and O–H groups in total. The number of hydrogen-bond acceptors (Lipinski definition) is 3. The summed E-state index contributed by atoms with van der Waals surface area (Å²) in [6, 6.07) is 5.16. The number of halogens is 2. The summed E-state index contributed by atoms with van der Waals surface area (Å²) in [4.78, 5) is 0. The predicted molar refractivity (Wildman–Crippen MR) is 48.0 cm³/mol. The van der Waals surface area contributed by atoms with Crippen LogP contribution in [0.15, 0.2) is 18.2 Å². The van der Waals surface area contributed by atoms with Crippen molar-refractivity contribution in [3.63, 3.8) is 0 Å². The van der Waals surface area contributed by atoms with Crippen molar-refractivity contribution in [3.8, 4) is 11.5 Å². The summed E-state index contributed by atoms with van der Waals surface area (Å²) in [5.74, 6) is 0.217. The van der Waals surface area contributed by atoms with Gasteiger partial charge in [0.15, 0.2) is 11.5 Å². The minimum absolute atomic E-state index is 0.100. The molecule has 0 aliphatic carbocycles. The number of nitrogens with one attached hydrogen (secondary N) is 1. The van der Waals surface area contributed by atoms with Crippen LogP contribution in [-0.2, 0) is 0 Å². The molecular formula is C10H9F2NO2. The van der Waals surface area contributed by atoms with Gasteiger partial charge in [-0.15, -0.1) is 8.78 Å². The van der Waals surface area contributed by atoms with E-state index in [1.54, 1.807) is 12.1 Å². The first-order valence-electron chi connectivity index (χ1n) is 4.77. The van der Waals surface area contributed by atoms with Crippen LogP contribution >= 0.6 is 0 Å². The summed E-state index contributed by atoms with van der Waals surface area (Å²) in [5.41, 5.74) is 0.960. The van der Waals surface area contributed by atoms with Gasteiger partial charge in [-0.1, -0.05) is 6.07 Å². The molecule has 0 unspecified atom stereocenters. The van der Waals surface area contributed by atoms with Gasteiger partial charge in [-0.3, -0.25) is 0 Å². The summed E-state index contributed by atoms with van der Waals surface area (Å²) in [6.45, 7) is 0.968. The second-order valence-electron chi connectivity index (χ2n) is 3.67. The van der Waals surface area contributed by atoms with E-state index in [-0.39, 0.29) is 17.5 Å². The van der Waals surface area contributed by atoms with Crippen molar-refractivity contribution >= 4 is 0 Å². The molecule has 1 fully saturated rings. The number of fused-ring (bicyclic) bond motifs is 1. The fourth-order valence-electron chi connectivity index (χ4n) is 1.76. The molecule has 1 atom stereocenters. The molecular weight excluding hydrogens is 204 g/mol. The zero-order valence-corrected chi connectivity index (χ0v) is 7.80. The second kappa shape index (κ2) is 2.82. The van der Waals surface area contributed by atoms with Gasteiger partial charge in [-0.05, 0) is 30.7 Å². The maximum atomic E-state index is 12.7. The van der Waals surface area contributed by atoms with E-state index in [4.69, 9.17) is 0 Å². The van der Waals surface area contributed by atoms with E-state index in [0.717, 1.165) is 18.5 Å². The molecule has 2 aliphatic heterocycles. The molecule has 0 bridgehead atoms. The Labute approximate surface area is 85.0 Å². The smallest absolute Gasteiger partial charge is 0.395 e. The zero-order chi connectivity index (χ0) is 10.5. The molecule has 0 radical (unpaired) electrons. The lowest BCUT2D eigenvalue weighted by Crippen LogP contribution is -2.34. The minimum atomic E-state index is -3.52. The average molecular weight is 213 g/mol. The Morgan fingerprint density at radius 3 is 2.67 bits per heavy atom. The molecule has 2 aliphatic rings. The van der Waals surface area contributed by atoms with Gasteiger partial charge in [-0.25, -0.2) is 0 Å². The van der Waals surface area contributed by atoms with Crippen LogP contribution < -0.4 is 14.8 Å². The van der Waals surface area contributed by atoms with E-state index in [2.05, 4.69) is 14.8 Å². The first kappa shape index (κ1) is 8.91. The Morgan fingerprint density at radius 2 is 2.00 bits per heavy atom. The quantitative estimate of drug-likeness (QED) is 0.774. The molecule has 2 heterocycles. The molecule has 0 aromatic heterocycles. The standard InChI is InChI=1S/C10H9F2NO2/c11-10(12)14-8-2-1-6(5-9(8)15-10)7-3-4-13-7/h1-2,5,7,13H,3-4H2/t7-/m1/s1. The van der Waals surface area contributed by atoms with Gasteiger partial charge in [0.05, 0.1) is 0 Å². The van der Waals surface area contributed by atoms with Crippen molar-refractivity contribution in [1.82, 2.24) is 5.32 Å². The summed E-state index contributed by atoms with van der Waals surface area (Å²) in [7, 11) is 0. The van der Waals surface area contributed by atoms with Crippen molar-refractivity contribution in [3.05, 3.63) is 23.8 Å². The highest BCUT2D eigenvalue weighted by molar-refractivity contribution is 5.46. The largest absolute Gasteiger partial charge is 0.586 e. The highest BCUT2D eigenvalue weighted by atomic mass is 19.3. The van der Waals surface area contributed by atoms with Gasteiger partial charge in [-0.2, -0.15) is 0 Å². The molecule has 0 saturated carbocycles. The zero-order valence-electron chi connectivity index (χ0n) is 7.80. The summed E-state index contributed by atoms with van der Waals surface area (Å²) >= 11 is 0. The highest BCUT2D eigenvalue weighted by Gasteiger charge is 2.43. The van der Waals surface area contributed by atoms with Crippen LogP contribution in [0.25, 0.3) is 0 Å². The summed E-state index contributed by atoms with van der Waals surface area (Å²) in [6.07, 6.45) is -2.50. The minimum Gasteiger partial charge on any atom is -0.395 e. The molecule has 15 heavy (non-hydrogen) atoms. The monoisotopic (exact) mass is 213 g/mol. The normalized spacial score (nSPS) is 26.1. The molecule has 0 spiro atoms. The van der Waals surface area contributed by atoms with Gasteiger partial charge < -0.3 is 14.8 Å². The maximum Gasteiger partial charge on any atom is 0.586 e. The molecule has 80 valence electrons. The number of hydrogen-bond donors (Lipinski definition) is 1. The van der Waals surface area contributed by atoms with E-state index < -0.39 is 6.29 Å². The van der Waals surface area contributed by atoms with E-state index in [1.807, 2.05) is 0 Å². The lowest BCUT2D eigenvalue weighted by atomic mass is 9.98. The van der Waals surface area contributed by atoms with Gasteiger partial charge in [0.25, 0.3) is 0 Å². The third-order valence-electron chi connectivity index (χ3n) is 2.65. The fraction of sp³-hybridized carbons (Fsp3) is 0.400. The molecule has 1 saturated heterocycles. The van der Waals surface area contributed by atoms with E-state index in [0.29, 0.717) is 0 Å². The third kappa shape index (κ3) is 1.43. The highest BCUT2D eigenvalue weighted by Crippen LogP contribution is 2.42. The van der Waals surface area contributed by atoms with Gasteiger partial charge in [0.1, 0.15) is 0 Å². The van der Waals surface area contributed by atoms with Crippen molar-refractivity contribution in [2.75, 3.05) is 6.54 Å². The van der Waals surface area contributed by atoms with E-state index in [9.17, 15) is 8.78 Å². The Balaban J connectivity index is 1.91. The van der Waals surface area contributed by atoms with Crippen molar-refractivity contribution in [1.29, 1.82) is 0 Å². The Morgan fingerprint density at radius 1 is 1.27 bits per heavy atom. The van der Waals surface area contributed by atoms with Gasteiger partial charge in [0, 0.05) is 6.04 Å². The van der Waals surface area contributed by atoms with Crippen LogP contribution in [-0.4, -0.2) is 12.8 Å². The number of rotatable bonds is 1. The first-order valence-corrected chi connectivity index (χ1v) is 4.77. The van der Waals surface area contributed by atoms with Crippen LogP contribution in [0.3, 0.4) is 0 Å². The topological polar surface area (TPSA) is 30.5 Å². The Hall–Kier alpha value is -1.36. The summed E-state index contributed by atoms with van der Waals surface area (Å²) in [5, 5.41) is 3.19. The average Bonchev–Trinajstić information content (AvgIpc) is 2.34. The van der Waals surface area contributed by atoms with Crippen LogP contribution in [0.1, 0.15) is 18.0 Å². The van der Waals surface area contributed by atoms with Crippen LogP contribution in [0, 0.1) is 0 Å². The Kier molecular flexibility index (Phi) is 1.68.